The predicted octanol–water partition coefficient (Wildman–Crippen LogP) is 0.402. The number of aliphatic hydroxyl groups is 1. The number of likely N-dealkylation sites (tertiary alicyclic amines) is 1. The Morgan fingerprint density at radius 3 is 2.85 bits per heavy atom. The minimum Gasteiger partial charge on any atom is -0.393 e. The third kappa shape index (κ3) is 1.37. The standard InChI is InChI=1S/C10H15NO2/c1-2-10(13)11-5-7-3-4-9(12)8(7)6-11/h2,7-9,12H,1,3-6H2/t7-,8+,9-/m0/s1. The molecule has 1 saturated carbocycles. The lowest BCUT2D eigenvalue weighted by atomic mass is 10.00. The van der Waals surface area contributed by atoms with Crippen molar-refractivity contribution in [3.8, 4) is 0 Å². The molecule has 0 radical (unpaired) electrons. The van der Waals surface area contributed by atoms with Crippen LogP contribution in [0.4, 0.5) is 0 Å². The van der Waals surface area contributed by atoms with Crippen LogP contribution in [0.5, 0.6) is 0 Å². The molecule has 0 unspecified atom stereocenters. The summed E-state index contributed by atoms with van der Waals surface area (Å²) in [6.07, 6.45) is 3.14. The van der Waals surface area contributed by atoms with Crippen molar-refractivity contribution >= 4 is 5.91 Å². The molecule has 2 rings (SSSR count). The second-order valence-corrected chi connectivity index (χ2v) is 4.02. The molecular weight excluding hydrogens is 166 g/mol. The first-order valence-electron chi connectivity index (χ1n) is 4.81. The minimum atomic E-state index is -0.187. The van der Waals surface area contributed by atoms with E-state index in [-0.39, 0.29) is 12.0 Å². The molecule has 0 aromatic rings. The molecule has 3 heteroatoms. The first kappa shape index (κ1) is 8.75. The smallest absolute Gasteiger partial charge is 0.245 e. The van der Waals surface area contributed by atoms with Crippen molar-refractivity contribution in [3.05, 3.63) is 12.7 Å². The first-order valence-corrected chi connectivity index (χ1v) is 4.81. The van der Waals surface area contributed by atoms with E-state index in [0.717, 1.165) is 25.9 Å². The van der Waals surface area contributed by atoms with Crippen LogP contribution < -0.4 is 0 Å². The number of hydrogen-bond acceptors (Lipinski definition) is 2. The zero-order valence-corrected chi connectivity index (χ0v) is 7.65. The Hall–Kier alpha value is -0.830. The van der Waals surface area contributed by atoms with Crippen LogP contribution in [0.25, 0.3) is 0 Å². The molecule has 1 saturated heterocycles. The van der Waals surface area contributed by atoms with Crippen molar-refractivity contribution < 1.29 is 9.90 Å². The molecule has 13 heavy (non-hydrogen) atoms. The van der Waals surface area contributed by atoms with Gasteiger partial charge in [-0.05, 0) is 24.8 Å². The number of rotatable bonds is 1. The average Bonchev–Trinajstić information content (AvgIpc) is 2.67. The van der Waals surface area contributed by atoms with Gasteiger partial charge in [-0.1, -0.05) is 6.58 Å². The highest BCUT2D eigenvalue weighted by atomic mass is 16.3. The van der Waals surface area contributed by atoms with E-state index in [1.807, 2.05) is 0 Å². The number of fused-ring (bicyclic) bond motifs is 1. The fourth-order valence-corrected chi connectivity index (χ4v) is 2.55. The van der Waals surface area contributed by atoms with Crippen molar-refractivity contribution in [1.82, 2.24) is 4.90 Å². The molecule has 2 fully saturated rings. The maximum absolute atomic E-state index is 11.3. The van der Waals surface area contributed by atoms with Gasteiger partial charge in [-0.15, -0.1) is 0 Å². The number of aliphatic hydroxyl groups excluding tert-OH is 1. The van der Waals surface area contributed by atoms with Gasteiger partial charge in [0.05, 0.1) is 6.10 Å². The molecule has 3 atom stereocenters. The highest BCUT2D eigenvalue weighted by Crippen LogP contribution is 2.37. The van der Waals surface area contributed by atoms with Gasteiger partial charge in [0.25, 0.3) is 0 Å². The van der Waals surface area contributed by atoms with Gasteiger partial charge < -0.3 is 10.0 Å². The maximum Gasteiger partial charge on any atom is 0.245 e. The zero-order chi connectivity index (χ0) is 9.42. The summed E-state index contributed by atoms with van der Waals surface area (Å²) in [5, 5.41) is 9.61. The molecule has 1 N–H and O–H groups in total. The fraction of sp³-hybridized carbons (Fsp3) is 0.700. The molecule has 0 aromatic carbocycles. The van der Waals surface area contributed by atoms with Crippen molar-refractivity contribution in [1.29, 1.82) is 0 Å². The summed E-state index contributed by atoms with van der Waals surface area (Å²) in [6, 6.07) is 0. The molecule has 1 heterocycles. The summed E-state index contributed by atoms with van der Waals surface area (Å²) in [5.41, 5.74) is 0. The molecular formula is C10H15NO2. The summed E-state index contributed by atoms with van der Waals surface area (Å²) in [6.45, 7) is 5.00. The summed E-state index contributed by atoms with van der Waals surface area (Å²) < 4.78 is 0. The average molecular weight is 181 g/mol. The van der Waals surface area contributed by atoms with Gasteiger partial charge in [0.2, 0.25) is 5.91 Å². The predicted molar refractivity (Wildman–Crippen MR) is 49.0 cm³/mol. The molecule has 1 aliphatic carbocycles. The largest absolute Gasteiger partial charge is 0.393 e. The van der Waals surface area contributed by atoms with E-state index in [9.17, 15) is 9.90 Å². The first-order chi connectivity index (χ1) is 6.22. The zero-order valence-electron chi connectivity index (χ0n) is 7.65. The Morgan fingerprint density at radius 2 is 2.23 bits per heavy atom. The summed E-state index contributed by atoms with van der Waals surface area (Å²) >= 11 is 0. The van der Waals surface area contributed by atoms with Crippen LogP contribution in [0.1, 0.15) is 12.8 Å². The Balaban J connectivity index is 2.02. The molecule has 1 aliphatic heterocycles. The van der Waals surface area contributed by atoms with Crippen molar-refractivity contribution in [3.63, 3.8) is 0 Å². The summed E-state index contributed by atoms with van der Waals surface area (Å²) in [4.78, 5) is 13.1. The summed E-state index contributed by atoms with van der Waals surface area (Å²) in [7, 11) is 0. The van der Waals surface area contributed by atoms with Crippen molar-refractivity contribution in [2.45, 2.75) is 18.9 Å². The van der Waals surface area contributed by atoms with Crippen LogP contribution in [0.15, 0.2) is 12.7 Å². The number of amides is 1. The van der Waals surface area contributed by atoms with E-state index in [0.29, 0.717) is 11.8 Å². The Labute approximate surface area is 78.0 Å². The number of nitrogens with zero attached hydrogens (tertiary/aromatic N) is 1. The van der Waals surface area contributed by atoms with Crippen LogP contribution >= 0.6 is 0 Å². The van der Waals surface area contributed by atoms with Crippen LogP contribution in [-0.4, -0.2) is 35.1 Å². The fourth-order valence-electron chi connectivity index (χ4n) is 2.55. The lowest BCUT2D eigenvalue weighted by Crippen LogP contribution is -2.29. The topological polar surface area (TPSA) is 40.5 Å². The van der Waals surface area contributed by atoms with Gasteiger partial charge >= 0.3 is 0 Å². The van der Waals surface area contributed by atoms with E-state index >= 15 is 0 Å². The quantitative estimate of drug-likeness (QED) is 0.595. The maximum atomic E-state index is 11.3. The van der Waals surface area contributed by atoms with E-state index in [4.69, 9.17) is 0 Å². The molecule has 0 aromatic heterocycles. The molecule has 0 spiro atoms. The SMILES string of the molecule is C=CC(=O)N1C[C@@H]2CC[C@H](O)[C@@H]2C1. The van der Waals surface area contributed by atoms with Crippen LogP contribution in [0, 0.1) is 11.8 Å². The summed E-state index contributed by atoms with van der Waals surface area (Å²) in [5.74, 6) is 0.851. The lowest BCUT2D eigenvalue weighted by molar-refractivity contribution is -0.125. The van der Waals surface area contributed by atoms with Gasteiger partial charge in [0.15, 0.2) is 0 Å². The molecule has 1 amide bonds. The highest BCUT2D eigenvalue weighted by Gasteiger charge is 2.42. The highest BCUT2D eigenvalue weighted by molar-refractivity contribution is 5.87. The van der Waals surface area contributed by atoms with Crippen LogP contribution in [0.3, 0.4) is 0 Å². The van der Waals surface area contributed by atoms with Gasteiger partial charge in [0.1, 0.15) is 0 Å². The lowest BCUT2D eigenvalue weighted by Gasteiger charge is -2.16. The third-order valence-electron chi connectivity index (χ3n) is 3.31. The third-order valence-corrected chi connectivity index (χ3v) is 3.31. The van der Waals surface area contributed by atoms with Gasteiger partial charge in [-0.3, -0.25) is 4.79 Å². The van der Waals surface area contributed by atoms with E-state index < -0.39 is 0 Å². The van der Waals surface area contributed by atoms with Crippen molar-refractivity contribution in [2.75, 3.05) is 13.1 Å². The second-order valence-electron chi connectivity index (χ2n) is 4.02. The molecule has 2 aliphatic rings. The normalized spacial score (nSPS) is 37.6. The number of carbonyl (C=O) groups excluding carboxylic acids is 1. The van der Waals surface area contributed by atoms with Gasteiger partial charge in [-0.2, -0.15) is 0 Å². The number of carbonyl (C=O) groups is 1. The van der Waals surface area contributed by atoms with E-state index in [1.165, 1.54) is 6.08 Å². The van der Waals surface area contributed by atoms with E-state index in [1.54, 1.807) is 4.90 Å². The van der Waals surface area contributed by atoms with E-state index in [2.05, 4.69) is 6.58 Å². The molecule has 72 valence electrons. The Morgan fingerprint density at radius 1 is 1.46 bits per heavy atom. The number of hydrogen-bond donors (Lipinski definition) is 1. The molecule has 3 nitrogen and oxygen atoms in total. The monoisotopic (exact) mass is 181 g/mol. The second kappa shape index (κ2) is 3.14. The van der Waals surface area contributed by atoms with Crippen molar-refractivity contribution in [2.24, 2.45) is 11.8 Å². The van der Waals surface area contributed by atoms with Crippen LogP contribution in [0.2, 0.25) is 0 Å². The van der Waals surface area contributed by atoms with Gasteiger partial charge in [-0.25, -0.2) is 0 Å². The van der Waals surface area contributed by atoms with Crippen LogP contribution in [-0.2, 0) is 4.79 Å². The van der Waals surface area contributed by atoms with Gasteiger partial charge in [0, 0.05) is 19.0 Å². The molecule has 0 bridgehead atoms. The Kier molecular flexibility index (Phi) is 2.12. The Bertz CT molecular complexity index is 239. The minimum absolute atomic E-state index is 0.00148.